The molecule has 0 N–H and O–H groups in total. The molecule has 2 heterocycles. The van der Waals surface area contributed by atoms with Gasteiger partial charge in [-0.15, -0.1) is 0 Å². The van der Waals surface area contributed by atoms with E-state index >= 15 is 0 Å². The van der Waals surface area contributed by atoms with Crippen LogP contribution in [0.3, 0.4) is 0 Å². The Kier molecular flexibility index (Phi) is 4.29. The van der Waals surface area contributed by atoms with Gasteiger partial charge in [0.15, 0.2) is 11.6 Å². The SMILES string of the molecule is CCc1ncnc(N2CCC(C(=O)OC)CC2)c1F. The normalized spacial score (nSPS) is 16.5. The third kappa shape index (κ3) is 2.83. The van der Waals surface area contributed by atoms with Gasteiger partial charge in [-0.1, -0.05) is 6.92 Å². The summed E-state index contributed by atoms with van der Waals surface area (Å²) in [6, 6.07) is 0. The van der Waals surface area contributed by atoms with E-state index in [1.807, 2.05) is 11.8 Å². The Morgan fingerprint density at radius 2 is 2.16 bits per heavy atom. The number of ether oxygens (including phenoxy) is 1. The number of anilines is 1. The lowest BCUT2D eigenvalue weighted by atomic mass is 9.97. The predicted octanol–water partition coefficient (Wildman–Crippen LogP) is 1.57. The second-order valence-corrected chi connectivity index (χ2v) is 4.60. The van der Waals surface area contributed by atoms with E-state index in [1.54, 1.807) is 0 Å². The highest BCUT2D eigenvalue weighted by Gasteiger charge is 2.27. The molecule has 1 aliphatic rings. The molecule has 0 unspecified atom stereocenters. The van der Waals surface area contributed by atoms with E-state index in [0.29, 0.717) is 43.9 Å². The van der Waals surface area contributed by atoms with Gasteiger partial charge in [0.1, 0.15) is 6.33 Å². The van der Waals surface area contributed by atoms with E-state index in [0.717, 1.165) is 0 Å². The van der Waals surface area contributed by atoms with Gasteiger partial charge in [-0.25, -0.2) is 14.4 Å². The fourth-order valence-corrected chi connectivity index (χ4v) is 2.36. The van der Waals surface area contributed by atoms with Gasteiger partial charge in [-0.3, -0.25) is 4.79 Å². The summed E-state index contributed by atoms with van der Waals surface area (Å²) >= 11 is 0. The maximum atomic E-state index is 14.1. The van der Waals surface area contributed by atoms with Crippen molar-refractivity contribution < 1.29 is 13.9 Å². The summed E-state index contributed by atoms with van der Waals surface area (Å²) in [7, 11) is 1.40. The van der Waals surface area contributed by atoms with Crippen molar-refractivity contribution in [1.29, 1.82) is 0 Å². The largest absolute Gasteiger partial charge is 0.469 e. The third-order valence-electron chi connectivity index (χ3n) is 3.51. The van der Waals surface area contributed by atoms with E-state index in [2.05, 4.69) is 9.97 Å². The van der Waals surface area contributed by atoms with Crippen molar-refractivity contribution >= 4 is 11.8 Å². The number of halogens is 1. The number of piperidine rings is 1. The van der Waals surface area contributed by atoms with Gasteiger partial charge in [0.2, 0.25) is 0 Å². The molecule has 1 aromatic heterocycles. The van der Waals surface area contributed by atoms with Crippen molar-refractivity contribution in [1.82, 2.24) is 9.97 Å². The van der Waals surface area contributed by atoms with Crippen LogP contribution in [0, 0.1) is 11.7 Å². The monoisotopic (exact) mass is 267 g/mol. The first-order valence-corrected chi connectivity index (χ1v) is 6.49. The van der Waals surface area contributed by atoms with Gasteiger partial charge in [-0.2, -0.15) is 0 Å². The molecule has 0 spiro atoms. The molecule has 0 aliphatic carbocycles. The minimum Gasteiger partial charge on any atom is -0.469 e. The molecular formula is C13H18FN3O2. The molecule has 6 heteroatoms. The molecule has 0 amide bonds. The number of aryl methyl sites for hydroxylation is 1. The minimum absolute atomic E-state index is 0.0863. The van der Waals surface area contributed by atoms with Crippen LogP contribution in [-0.4, -0.2) is 36.1 Å². The molecule has 0 aromatic carbocycles. The zero-order valence-corrected chi connectivity index (χ0v) is 11.2. The smallest absolute Gasteiger partial charge is 0.308 e. The molecule has 1 fully saturated rings. The number of esters is 1. The lowest BCUT2D eigenvalue weighted by molar-refractivity contribution is -0.146. The topological polar surface area (TPSA) is 55.3 Å². The molecule has 1 saturated heterocycles. The quantitative estimate of drug-likeness (QED) is 0.778. The second kappa shape index (κ2) is 5.95. The van der Waals surface area contributed by atoms with E-state index in [1.165, 1.54) is 13.4 Å². The zero-order valence-electron chi connectivity index (χ0n) is 11.2. The summed E-state index contributed by atoms with van der Waals surface area (Å²) in [6.07, 6.45) is 3.26. The molecule has 1 aromatic rings. The summed E-state index contributed by atoms with van der Waals surface area (Å²) in [4.78, 5) is 21.3. The molecule has 5 nitrogen and oxygen atoms in total. The first-order valence-electron chi connectivity index (χ1n) is 6.49. The summed E-state index contributed by atoms with van der Waals surface area (Å²) in [5.74, 6) is -0.273. The van der Waals surface area contributed by atoms with Crippen LogP contribution < -0.4 is 4.90 Å². The molecule has 2 rings (SSSR count). The molecule has 0 radical (unpaired) electrons. The number of carbonyl (C=O) groups excluding carboxylic acids is 1. The number of hydrogen-bond acceptors (Lipinski definition) is 5. The maximum Gasteiger partial charge on any atom is 0.308 e. The first kappa shape index (κ1) is 13.7. The minimum atomic E-state index is -0.346. The fraction of sp³-hybridized carbons (Fsp3) is 0.615. The predicted molar refractivity (Wildman–Crippen MR) is 68.3 cm³/mol. The Hall–Kier alpha value is -1.72. The Morgan fingerprint density at radius 1 is 1.47 bits per heavy atom. The zero-order chi connectivity index (χ0) is 13.8. The van der Waals surface area contributed by atoms with Crippen LogP contribution in [0.15, 0.2) is 6.33 Å². The maximum absolute atomic E-state index is 14.1. The molecular weight excluding hydrogens is 249 g/mol. The van der Waals surface area contributed by atoms with Crippen LogP contribution in [0.25, 0.3) is 0 Å². The van der Waals surface area contributed by atoms with Crippen molar-refractivity contribution in [3.63, 3.8) is 0 Å². The van der Waals surface area contributed by atoms with E-state index in [-0.39, 0.29) is 17.7 Å². The summed E-state index contributed by atoms with van der Waals surface area (Å²) < 4.78 is 18.9. The molecule has 19 heavy (non-hydrogen) atoms. The van der Waals surface area contributed by atoms with E-state index in [9.17, 15) is 9.18 Å². The number of carbonyl (C=O) groups is 1. The molecule has 104 valence electrons. The Balaban J connectivity index is 2.08. The number of rotatable bonds is 3. The molecule has 0 saturated carbocycles. The van der Waals surface area contributed by atoms with Gasteiger partial charge >= 0.3 is 5.97 Å². The summed E-state index contributed by atoms with van der Waals surface area (Å²) in [5.41, 5.74) is 0.431. The van der Waals surface area contributed by atoms with Crippen LogP contribution in [0.4, 0.5) is 10.2 Å². The number of nitrogens with zero attached hydrogens (tertiary/aromatic N) is 3. The van der Waals surface area contributed by atoms with E-state index in [4.69, 9.17) is 4.74 Å². The Labute approximate surface area is 111 Å². The Bertz CT molecular complexity index is 459. The van der Waals surface area contributed by atoms with Crippen LogP contribution in [0.5, 0.6) is 0 Å². The summed E-state index contributed by atoms with van der Waals surface area (Å²) in [5, 5.41) is 0. The van der Waals surface area contributed by atoms with Gasteiger partial charge in [0.05, 0.1) is 18.7 Å². The van der Waals surface area contributed by atoms with Crippen LogP contribution >= 0.6 is 0 Å². The average molecular weight is 267 g/mol. The lowest BCUT2D eigenvalue weighted by Gasteiger charge is -2.31. The highest BCUT2D eigenvalue weighted by Crippen LogP contribution is 2.25. The van der Waals surface area contributed by atoms with Crippen LogP contribution in [0.2, 0.25) is 0 Å². The van der Waals surface area contributed by atoms with Gasteiger partial charge in [0, 0.05) is 13.1 Å². The van der Waals surface area contributed by atoms with Crippen molar-refractivity contribution in [3.05, 3.63) is 17.8 Å². The summed E-state index contributed by atoms with van der Waals surface area (Å²) in [6.45, 7) is 3.08. The number of hydrogen-bond donors (Lipinski definition) is 0. The highest BCUT2D eigenvalue weighted by atomic mass is 19.1. The first-order chi connectivity index (χ1) is 9.17. The lowest BCUT2D eigenvalue weighted by Crippen LogP contribution is -2.37. The van der Waals surface area contributed by atoms with Crippen LogP contribution in [0.1, 0.15) is 25.5 Å². The number of methoxy groups -OCH3 is 1. The van der Waals surface area contributed by atoms with Crippen LogP contribution in [-0.2, 0) is 16.0 Å². The van der Waals surface area contributed by atoms with Gasteiger partial charge in [0.25, 0.3) is 0 Å². The average Bonchev–Trinajstić information content (AvgIpc) is 2.47. The Morgan fingerprint density at radius 3 is 2.74 bits per heavy atom. The standard InChI is InChI=1S/C13H18FN3O2/c1-3-10-11(14)12(16-8-15-10)17-6-4-9(5-7-17)13(18)19-2/h8-9H,3-7H2,1-2H3. The van der Waals surface area contributed by atoms with Gasteiger partial charge < -0.3 is 9.64 Å². The van der Waals surface area contributed by atoms with Crippen molar-refractivity contribution in [2.24, 2.45) is 5.92 Å². The van der Waals surface area contributed by atoms with Gasteiger partial charge in [-0.05, 0) is 19.3 Å². The van der Waals surface area contributed by atoms with Crippen molar-refractivity contribution in [2.45, 2.75) is 26.2 Å². The highest BCUT2D eigenvalue weighted by molar-refractivity contribution is 5.72. The third-order valence-corrected chi connectivity index (χ3v) is 3.51. The van der Waals surface area contributed by atoms with E-state index < -0.39 is 0 Å². The molecule has 1 aliphatic heterocycles. The second-order valence-electron chi connectivity index (χ2n) is 4.60. The molecule has 0 bridgehead atoms. The van der Waals surface area contributed by atoms with Crippen molar-refractivity contribution in [2.75, 3.05) is 25.1 Å². The number of aromatic nitrogens is 2. The molecule has 0 atom stereocenters. The fourth-order valence-electron chi connectivity index (χ4n) is 2.36. The van der Waals surface area contributed by atoms with Crippen molar-refractivity contribution in [3.8, 4) is 0 Å².